The van der Waals surface area contributed by atoms with E-state index in [-0.39, 0.29) is 0 Å². The molecule has 0 aliphatic rings. The van der Waals surface area contributed by atoms with Gasteiger partial charge in [0.1, 0.15) is 10.4 Å². The number of nitrogens with zero attached hydrogens (tertiary/aromatic N) is 2. The maximum absolute atomic E-state index is 5.71. The maximum Gasteiger partial charge on any atom is 0.141 e. The number of benzene rings is 1. The van der Waals surface area contributed by atoms with Crippen molar-refractivity contribution >= 4 is 15.9 Å². The van der Waals surface area contributed by atoms with E-state index in [0.717, 1.165) is 21.7 Å². The average Bonchev–Trinajstić information content (AvgIpc) is 2.54. The molecule has 1 aromatic carbocycles. The number of hydrogen-bond acceptors (Lipinski definition) is 2. The predicted molar refractivity (Wildman–Crippen MR) is 73.7 cm³/mol. The molecule has 3 nitrogen and oxygen atoms in total. The molecule has 2 aromatic rings. The maximum atomic E-state index is 5.71. The molecule has 0 saturated heterocycles. The van der Waals surface area contributed by atoms with Crippen molar-refractivity contribution in [2.24, 2.45) is 12.8 Å². The predicted octanol–water partition coefficient (Wildman–Crippen LogP) is 2.93. The van der Waals surface area contributed by atoms with Gasteiger partial charge in [-0.2, -0.15) is 0 Å². The number of hydrogen-bond donors (Lipinski definition) is 1. The van der Waals surface area contributed by atoms with Crippen molar-refractivity contribution in [2.75, 3.05) is 0 Å². The first kappa shape index (κ1) is 12.3. The molecule has 2 N–H and O–H groups in total. The fraction of sp³-hybridized carbons (Fsp3) is 0.308. The Kier molecular flexibility index (Phi) is 3.35. The quantitative estimate of drug-likeness (QED) is 0.925. The minimum atomic E-state index is 0.481. The second-order valence-electron chi connectivity index (χ2n) is 4.25. The van der Waals surface area contributed by atoms with Crippen molar-refractivity contribution in [3.05, 3.63) is 39.6 Å². The third kappa shape index (κ3) is 2.15. The Morgan fingerprint density at radius 2 is 2.06 bits per heavy atom. The number of aromatic nitrogens is 2. The Balaban J connectivity index is 2.61. The molecule has 1 heterocycles. The van der Waals surface area contributed by atoms with E-state index >= 15 is 0 Å². The van der Waals surface area contributed by atoms with Crippen molar-refractivity contribution in [1.29, 1.82) is 0 Å². The van der Waals surface area contributed by atoms with Gasteiger partial charge in [0.15, 0.2) is 0 Å². The Morgan fingerprint density at radius 1 is 1.35 bits per heavy atom. The summed E-state index contributed by atoms with van der Waals surface area (Å²) in [4.78, 5) is 4.54. The summed E-state index contributed by atoms with van der Waals surface area (Å²) in [7, 11) is 1.99. The number of aryl methyl sites for hydroxylation is 2. The largest absolute Gasteiger partial charge is 0.329 e. The summed E-state index contributed by atoms with van der Waals surface area (Å²) < 4.78 is 2.87. The van der Waals surface area contributed by atoms with Gasteiger partial charge in [-0.15, -0.1) is 0 Å². The van der Waals surface area contributed by atoms with Crippen LogP contribution in [0.15, 0.2) is 22.8 Å². The molecule has 0 aliphatic heterocycles. The summed E-state index contributed by atoms with van der Waals surface area (Å²) in [6.45, 7) is 4.68. The number of imidazole rings is 1. The molecule has 0 unspecified atom stereocenters. The lowest BCUT2D eigenvalue weighted by Gasteiger charge is -2.08. The van der Waals surface area contributed by atoms with Crippen molar-refractivity contribution in [2.45, 2.75) is 20.4 Å². The summed E-state index contributed by atoms with van der Waals surface area (Å²) in [5, 5.41) is 0. The van der Waals surface area contributed by atoms with Gasteiger partial charge in [-0.1, -0.05) is 23.8 Å². The Morgan fingerprint density at radius 3 is 2.59 bits per heavy atom. The Bertz CT molecular complexity index is 558. The molecular weight excluding hydrogens is 278 g/mol. The van der Waals surface area contributed by atoms with Crippen LogP contribution in [-0.2, 0) is 13.6 Å². The molecule has 0 spiro atoms. The van der Waals surface area contributed by atoms with Crippen LogP contribution < -0.4 is 5.73 Å². The van der Waals surface area contributed by atoms with Crippen molar-refractivity contribution in [3.63, 3.8) is 0 Å². The van der Waals surface area contributed by atoms with Crippen molar-refractivity contribution < 1.29 is 0 Å². The van der Waals surface area contributed by atoms with E-state index in [1.807, 2.05) is 11.6 Å². The van der Waals surface area contributed by atoms with Gasteiger partial charge in [0.05, 0.1) is 5.69 Å². The molecule has 0 radical (unpaired) electrons. The topological polar surface area (TPSA) is 43.8 Å². The van der Waals surface area contributed by atoms with Crippen molar-refractivity contribution in [1.82, 2.24) is 9.55 Å². The summed E-state index contributed by atoms with van der Waals surface area (Å²) in [6, 6.07) is 6.38. The number of nitrogens with two attached hydrogens (primary N) is 1. The average molecular weight is 294 g/mol. The zero-order valence-electron chi connectivity index (χ0n) is 10.3. The van der Waals surface area contributed by atoms with E-state index in [2.05, 4.69) is 53.0 Å². The molecule has 4 heteroatoms. The van der Waals surface area contributed by atoms with E-state index in [4.69, 9.17) is 5.73 Å². The van der Waals surface area contributed by atoms with Gasteiger partial charge in [0.2, 0.25) is 0 Å². The molecule has 1 aromatic heterocycles. The van der Waals surface area contributed by atoms with E-state index in [1.165, 1.54) is 11.1 Å². The Labute approximate surface area is 110 Å². The van der Waals surface area contributed by atoms with Crippen LogP contribution in [-0.4, -0.2) is 9.55 Å². The minimum absolute atomic E-state index is 0.481. The fourth-order valence-corrected chi connectivity index (χ4v) is 2.62. The van der Waals surface area contributed by atoms with E-state index < -0.39 is 0 Å². The highest BCUT2D eigenvalue weighted by Gasteiger charge is 2.14. The third-order valence-corrected chi connectivity index (χ3v) is 3.62. The lowest BCUT2D eigenvalue weighted by Crippen LogP contribution is -2.05. The second-order valence-corrected chi connectivity index (χ2v) is 5.01. The van der Waals surface area contributed by atoms with Gasteiger partial charge < -0.3 is 10.3 Å². The van der Waals surface area contributed by atoms with Crippen LogP contribution in [0.3, 0.4) is 0 Å². The zero-order valence-corrected chi connectivity index (χ0v) is 11.9. The van der Waals surface area contributed by atoms with Gasteiger partial charge in [0.25, 0.3) is 0 Å². The minimum Gasteiger partial charge on any atom is -0.329 e. The third-order valence-electron chi connectivity index (χ3n) is 2.98. The smallest absolute Gasteiger partial charge is 0.141 e. The van der Waals surface area contributed by atoms with Crippen molar-refractivity contribution in [3.8, 4) is 11.4 Å². The lowest BCUT2D eigenvalue weighted by atomic mass is 10.1. The normalized spacial score (nSPS) is 10.9. The summed E-state index contributed by atoms with van der Waals surface area (Å²) >= 11 is 3.45. The highest BCUT2D eigenvalue weighted by atomic mass is 79.9. The Hall–Kier alpha value is -1.13. The first-order chi connectivity index (χ1) is 8.04. The van der Waals surface area contributed by atoms with E-state index in [0.29, 0.717) is 6.54 Å². The zero-order chi connectivity index (χ0) is 12.6. The standard InChI is InChI=1S/C13H16BrN3/c1-8-4-5-10(9(2)6-8)13-16-12(14)11(7-15)17(13)3/h4-6H,7,15H2,1-3H3. The number of rotatable bonds is 2. The molecule has 90 valence electrons. The molecule has 2 rings (SSSR count). The van der Waals surface area contributed by atoms with E-state index in [9.17, 15) is 0 Å². The van der Waals surface area contributed by atoms with Gasteiger partial charge in [-0.25, -0.2) is 4.98 Å². The molecule has 0 bridgehead atoms. The number of halogens is 1. The summed E-state index contributed by atoms with van der Waals surface area (Å²) in [5.74, 6) is 0.954. The monoisotopic (exact) mass is 293 g/mol. The highest BCUT2D eigenvalue weighted by molar-refractivity contribution is 9.10. The van der Waals surface area contributed by atoms with Gasteiger partial charge in [-0.05, 0) is 35.3 Å². The highest BCUT2D eigenvalue weighted by Crippen LogP contribution is 2.27. The van der Waals surface area contributed by atoms with Crippen LogP contribution in [0, 0.1) is 13.8 Å². The van der Waals surface area contributed by atoms with Gasteiger partial charge in [0, 0.05) is 19.2 Å². The van der Waals surface area contributed by atoms with Crippen LogP contribution in [0.4, 0.5) is 0 Å². The molecule has 17 heavy (non-hydrogen) atoms. The van der Waals surface area contributed by atoms with Gasteiger partial charge in [-0.3, -0.25) is 0 Å². The van der Waals surface area contributed by atoms with Crippen LogP contribution in [0.25, 0.3) is 11.4 Å². The molecule has 0 aliphatic carbocycles. The molecular formula is C13H16BrN3. The second kappa shape index (κ2) is 4.63. The molecule has 0 amide bonds. The first-order valence-electron chi connectivity index (χ1n) is 5.53. The van der Waals surface area contributed by atoms with Crippen LogP contribution in [0.2, 0.25) is 0 Å². The summed E-state index contributed by atoms with van der Waals surface area (Å²) in [6.07, 6.45) is 0. The SMILES string of the molecule is Cc1ccc(-c2nc(Br)c(CN)n2C)c(C)c1. The van der Waals surface area contributed by atoms with Crippen LogP contribution in [0.1, 0.15) is 16.8 Å². The van der Waals surface area contributed by atoms with Crippen LogP contribution in [0.5, 0.6) is 0 Å². The fourth-order valence-electron chi connectivity index (χ4n) is 2.03. The summed E-state index contributed by atoms with van der Waals surface area (Å²) in [5.41, 5.74) is 10.4. The van der Waals surface area contributed by atoms with Crippen LogP contribution >= 0.6 is 15.9 Å². The molecule has 0 fully saturated rings. The molecule has 0 saturated carbocycles. The van der Waals surface area contributed by atoms with Gasteiger partial charge >= 0.3 is 0 Å². The first-order valence-corrected chi connectivity index (χ1v) is 6.32. The lowest BCUT2D eigenvalue weighted by molar-refractivity contribution is 0.824. The van der Waals surface area contributed by atoms with E-state index in [1.54, 1.807) is 0 Å². The molecule has 0 atom stereocenters.